The zero-order valence-electron chi connectivity index (χ0n) is 12.4. The standard InChI is InChI=1S/C13H17ClF3NO2S2/c1-7(21)8-5-6-9(10(11(8)14)13(15,16)17)22(19,20)18-12(2,3)4/h5-7,18,21H,1-4H3. The van der Waals surface area contributed by atoms with Gasteiger partial charge in [-0.1, -0.05) is 17.7 Å². The Hall–Kier alpha value is -0.440. The largest absolute Gasteiger partial charge is 0.419 e. The van der Waals surface area contributed by atoms with E-state index in [0.717, 1.165) is 6.07 Å². The van der Waals surface area contributed by atoms with Crippen molar-refractivity contribution in [3.8, 4) is 0 Å². The van der Waals surface area contributed by atoms with Gasteiger partial charge >= 0.3 is 6.18 Å². The van der Waals surface area contributed by atoms with E-state index in [-0.39, 0.29) is 5.56 Å². The normalized spacial score (nSPS) is 15.0. The van der Waals surface area contributed by atoms with Crippen molar-refractivity contribution in [3.63, 3.8) is 0 Å². The maximum atomic E-state index is 13.3. The highest BCUT2D eigenvalue weighted by Crippen LogP contribution is 2.43. The summed E-state index contributed by atoms with van der Waals surface area (Å²) < 4.78 is 66.7. The van der Waals surface area contributed by atoms with Crippen molar-refractivity contribution in [2.24, 2.45) is 0 Å². The SMILES string of the molecule is CC(S)c1ccc(S(=O)(=O)NC(C)(C)C)c(C(F)(F)F)c1Cl. The van der Waals surface area contributed by atoms with Gasteiger partial charge in [-0.05, 0) is 39.3 Å². The summed E-state index contributed by atoms with van der Waals surface area (Å²) in [7, 11) is -4.38. The molecule has 0 fully saturated rings. The summed E-state index contributed by atoms with van der Waals surface area (Å²) in [4.78, 5) is -0.891. The van der Waals surface area contributed by atoms with Gasteiger partial charge in [0.1, 0.15) is 0 Å². The van der Waals surface area contributed by atoms with E-state index in [9.17, 15) is 21.6 Å². The van der Waals surface area contributed by atoms with Gasteiger partial charge in [0.25, 0.3) is 0 Å². The lowest BCUT2D eigenvalue weighted by Crippen LogP contribution is -2.41. The Morgan fingerprint density at radius 2 is 1.73 bits per heavy atom. The Labute approximate surface area is 138 Å². The highest BCUT2D eigenvalue weighted by atomic mass is 35.5. The van der Waals surface area contributed by atoms with Gasteiger partial charge in [-0.25, -0.2) is 13.1 Å². The molecule has 0 amide bonds. The maximum absolute atomic E-state index is 13.3. The van der Waals surface area contributed by atoms with Crippen molar-refractivity contribution < 1.29 is 21.6 Å². The minimum Gasteiger partial charge on any atom is -0.207 e. The van der Waals surface area contributed by atoms with Crippen molar-refractivity contribution in [2.45, 2.75) is 49.6 Å². The van der Waals surface area contributed by atoms with Crippen molar-refractivity contribution in [1.29, 1.82) is 0 Å². The van der Waals surface area contributed by atoms with Crippen LogP contribution in [-0.4, -0.2) is 14.0 Å². The molecule has 0 radical (unpaired) electrons. The summed E-state index contributed by atoms with van der Waals surface area (Å²) >= 11 is 9.87. The van der Waals surface area contributed by atoms with Gasteiger partial charge in [-0.2, -0.15) is 25.8 Å². The topological polar surface area (TPSA) is 46.2 Å². The molecule has 0 aliphatic carbocycles. The predicted molar refractivity (Wildman–Crippen MR) is 83.9 cm³/mol. The van der Waals surface area contributed by atoms with E-state index in [2.05, 4.69) is 17.4 Å². The number of hydrogen-bond acceptors (Lipinski definition) is 3. The molecule has 3 nitrogen and oxygen atoms in total. The number of benzene rings is 1. The summed E-state index contributed by atoms with van der Waals surface area (Å²) in [5, 5.41) is -1.22. The van der Waals surface area contributed by atoms with Crippen molar-refractivity contribution in [1.82, 2.24) is 4.72 Å². The number of thiol groups is 1. The Morgan fingerprint density at radius 1 is 1.23 bits per heavy atom. The molecule has 1 rings (SSSR count). The van der Waals surface area contributed by atoms with Gasteiger partial charge in [0.2, 0.25) is 10.0 Å². The first kappa shape index (κ1) is 19.6. The van der Waals surface area contributed by atoms with Crippen LogP contribution in [0.15, 0.2) is 17.0 Å². The number of halogens is 4. The summed E-state index contributed by atoms with van der Waals surface area (Å²) in [5.41, 5.74) is -2.18. The molecule has 1 N–H and O–H groups in total. The molecule has 0 aliphatic rings. The van der Waals surface area contributed by atoms with Crippen LogP contribution >= 0.6 is 24.2 Å². The van der Waals surface area contributed by atoms with Gasteiger partial charge in [-0.15, -0.1) is 0 Å². The van der Waals surface area contributed by atoms with Crippen molar-refractivity contribution in [2.75, 3.05) is 0 Å². The molecule has 0 bridgehead atoms. The molecular weight excluding hydrogens is 359 g/mol. The van der Waals surface area contributed by atoms with Crippen molar-refractivity contribution in [3.05, 3.63) is 28.3 Å². The zero-order valence-corrected chi connectivity index (χ0v) is 14.9. The van der Waals surface area contributed by atoms with E-state index in [0.29, 0.717) is 0 Å². The third-order valence-electron chi connectivity index (χ3n) is 2.60. The van der Waals surface area contributed by atoms with Crippen LogP contribution in [0.1, 0.15) is 44.1 Å². The van der Waals surface area contributed by atoms with Crippen LogP contribution in [0.2, 0.25) is 5.02 Å². The van der Waals surface area contributed by atoms with E-state index in [1.165, 1.54) is 26.8 Å². The molecule has 22 heavy (non-hydrogen) atoms. The lowest BCUT2D eigenvalue weighted by molar-refractivity contribution is -0.139. The maximum Gasteiger partial charge on any atom is 0.419 e. The summed E-state index contributed by atoms with van der Waals surface area (Å²) in [6.07, 6.45) is -4.91. The third kappa shape index (κ3) is 4.53. The Kier molecular flexibility index (Phi) is 5.54. The smallest absolute Gasteiger partial charge is 0.207 e. The van der Waals surface area contributed by atoms with Crippen LogP contribution in [0.25, 0.3) is 0 Å². The monoisotopic (exact) mass is 375 g/mol. The summed E-state index contributed by atoms with van der Waals surface area (Å²) in [6, 6.07) is 2.15. The number of alkyl halides is 3. The molecule has 9 heteroatoms. The average Bonchev–Trinajstić information content (AvgIpc) is 2.22. The molecular formula is C13H17ClF3NO2S2. The molecule has 0 spiro atoms. The second-order valence-electron chi connectivity index (χ2n) is 5.87. The Morgan fingerprint density at radius 3 is 2.09 bits per heavy atom. The molecule has 1 aromatic carbocycles. The predicted octanol–water partition coefficient (Wildman–Crippen LogP) is 4.43. The van der Waals surface area contributed by atoms with Gasteiger partial charge in [0.15, 0.2) is 0 Å². The van der Waals surface area contributed by atoms with Crippen LogP contribution in [0, 0.1) is 0 Å². The molecule has 0 saturated heterocycles. The van der Waals surface area contributed by atoms with E-state index in [1.54, 1.807) is 6.92 Å². The fraction of sp³-hybridized carbons (Fsp3) is 0.538. The number of nitrogens with one attached hydrogen (secondary N) is 1. The molecule has 0 heterocycles. The molecule has 0 aliphatic heterocycles. The fourth-order valence-corrected chi connectivity index (χ4v) is 4.28. The van der Waals surface area contributed by atoms with E-state index in [4.69, 9.17) is 11.6 Å². The molecule has 1 unspecified atom stereocenters. The van der Waals surface area contributed by atoms with Gasteiger partial charge in [0.05, 0.1) is 15.5 Å². The van der Waals surface area contributed by atoms with Crippen molar-refractivity contribution >= 4 is 34.3 Å². The lowest BCUT2D eigenvalue weighted by atomic mass is 10.1. The van der Waals surface area contributed by atoms with Crippen LogP contribution in [0.5, 0.6) is 0 Å². The lowest BCUT2D eigenvalue weighted by Gasteiger charge is -2.23. The minimum atomic E-state index is -4.91. The first-order valence-corrected chi connectivity index (χ1v) is 8.66. The fourth-order valence-electron chi connectivity index (χ4n) is 1.84. The Balaban J connectivity index is 3.67. The number of rotatable bonds is 3. The summed E-state index contributed by atoms with van der Waals surface area (Å²) in [6.45, 7) is 6.14. The first-order chi connectivity index (χ1) is 9.67. The molecule has 1 aromatic rings. The average molecular weight is 376 g/mol. The third-order valence-corrected chi connectivity index (χ3v) is 5.08. The van der Waals surface area contributed by atoms with E-state index >= 15 is 0 Å². The van der Waals surface area contributed by atoms with Gasteiger partial charge in [0, 0.05) is 10.8 Å². The van der Waals surface area contributed by atoms with Crippen LogP contribution in [0.4, 0.5) is 13.2 Å². The highest BCUT2D eigenvalue weighted by Gasteiger charge is 2.41. The number of sulfonamides is 1. The van der Waals surface area contributed by atoms with Gasteiger partial charge in [-0.3, -0.25) is 0 Å². The van der Waals surface area contributed by atoms with Crippen LogP contribution in [0.3, 0.4) is 0 Å². The summed E-state index contributed by atoms with van der Waals surface area (Å²) in [5.74, 6) is 0. The van der Waals surface area contributed by atoms with E-state index < -0.39 is 42.5 Å². The molecule has 126 valence electrons. The zero-order chi connectivity index (χ0) is 17.5. The minimum absolute atomic E-state index is 0.118. The Bertz CT molecular complexity index is 665. The molecule has 0 saturated carbocycles. The molecule has 1 atom stereocenters. The van der Waals surface area contributed by atoms with E-state index in [1.807, 2.05) is 0 Å². The molecule has 0 aromatic heterocycles. The first-order valence-electron chi connectivity index (χ1n) is 6.28. The number of hydrogen-bond donors (Lipinski definition) is 2. The van der Waals surface area contributed by atoms with Crippen LogP contribution in [-0.2, 0) is 16.2 Å². The quantitative estimate of drug-likeness (QED) is 0.768. The van der Waals surface area contributed by atoms with Gasteiger partial charge < -0.3 is 0 Å². The second kappa shape index (κ2) is 6.22. The van der Waals surface area contributed by atoms with Crippen LogP contribution < -0.4 is 4.72 Å². The highest BCUT2D eigenvalue weighted by molar-refractivity contribution is 7.89. The second-order valence-corrected chi connectivity index (χ2v) is 8.67.